The minimum absolute atomic E-state index is 0.345. The maximum Gasteiger partial charge on any atom is 0.198 e. The zero-order chi connectivity index (χ0) is 20.2. The fourth-order valence-corrected chi connectivity index (χ4v) is 4.74. The van der Waals surface area contributed by atoms with Crippen LogP contribution in [0.4, 0.5) is 5.69 Å². The highest BCUT2D eigenvalue weighted by Gasteiger charge is 2.34. The van der Waals surface area contributed by atoms with Gasteiger partial charge in [0, 0.05) is 25.3 Å². The number of likely N-dealkylation sites (N-methyl/N-ethyl adjacent to an activating group) is 1. The Bertz CT molecular complexity index is 799. The SMILES string of the molecule is CCN1CC(CCN2CCC(c3ccc(O)cc3)CC2)N(c2ccccc2)C1=N. The minimum atomic E-state index is 0.345. The van der Waals surface area contributed by atoms with Gasteiger partial charge in [0.1, 0.15) is 5.75 Å². The molecule has 2 aliphatic heterocycles. The summed E-state index contributed by atoms with van der Waals surface area (Å²) in [7, 11) is 0. The van der Waals surface area contributed by atoms with Gasteiger partial charge in [-0.2, -0.15) is 0 Å². The number of nitrogens with one attached hydrogen (secondary N) is 1. The smallest absolute Gasteiger partial charge is 0.198 e. The molecule has 0 saturated carbocycles. The normalized spacial score (nSPS) is 21.1. The molecule has 2 aromatic rings. The second-order valence-electron chi connectivity index (χ2n) is 8.22. The van der Waals surface area contributed by atoms with Crippen LogP contribution >= 0.6 is 0 Å². The quantitative estimate of drug-likeness (QED) is 0.777. The molecule has 0 spiro atoms. The number of nitrogens with zero attached hydrogens (tertiary/aromatic N) is 3. The van der Waals surface area contributed by atoms with Crippen molar-refractivity contribution in [3.8, 4) is 5.75 Å². The van der Waals surface area contributed by atoms with Gasteiger partial charge in [-0.05, 0) is 75.0 Å². The van der Waals surface area contributed by atoms with E-state index in [0.717, 1.165) is 44.8 Å². The number of anilines is 1. The van der Waals surface area contributed by atoms with Crippen LogP contribution in [0.2, 0.25) is 0 Å². The summed E-state index contributed by atoms with van der Waals surface area (Å²) >= 11 is 0. The Morgan fingerprint density at radius 1 is 1.00 bits per heavy atom. The molecule has 5 nitrogen and oxygen atoms in total. The van der Waals surface area contributed by atoms with Crippen molar-refractivity contribution in [2.24, 2.45) is 0 Å². The van der Waals surface area contributed by atoms with Crippen molar-refractivity contribution in [3.05, 3.63) is 60.2 Å². The Morgan fingerprint density at radius 2 is 1.69 bits per heavy atom. The molecule has 29 heavy (non-hydrogen) atoms. The third-order valence-corrected chi connectivity index (χ3v) is 6.47. The molecule has 0 amide bonds. The fourth-order valence-electron chi connectivity index (χ4n) is 4.74. The van der Waals surface area contributed by atoms with Crippen LogP contribution in [0.3, 0.4) is 0 Å². The lowest BCUT2D eigenvalue weighted by Gasteiger charge is -2.33. The van der Waals surface area contributed by atoms with E-state index in [1.807, 2.05) is 6.07 Å². The molecule has 4 rings (SSSR count). The van der Waals surface area contributed by atoms with Gasteiger partial charge in [0.25, 0.3) is 0 Å². The van der Waals surface area contributed by atoms with Crippen LogP contribution in [0.25, 0.3) is 0 Å². The van der Waals surface area contributed by atoms with Gasteiger partial charge < -0.3 is 19.8 Å². The summed E-state index contributed by atoms with van der Waals surface area (Å²) in [6, 6.07) is 18.5. The zero-order valence-electron chi connectivity index (χ0n) is 17.3. The van der Waals surface area contributed by atoms with Gasteiger partial charge in [-0.3, -0.25) is 5.41 Å². The molecule has 2 saturated heterocycles. The summed E-state index contributed by atoms with van der Waals surface area (Å²) in [5.74, 6) is 1.58. The van der Waals surface area contributed by atoms with E-state index in [1.165, 1.54) is 18.4 Å². The first-order chi connectivity index (χ1) is 14.2. The van der Waals surface area contributed by atoms with Crippen LogP contribution in [0.15, 0.2) is 54.6 Å². The number of aromatic hydroxyl groups is 1. The predicted molar refractivity (Wildman–Crippen MR) is 119 cm³/mol. The summed E-state index contributed by atoms with van der Waals surface area (Å²) in [6.45, 7) is 7.29. The number of phenols is 1. The highest BCUT2D eigenvalue weighted by molar-refractivity contribution is 5.96. The standard InChI is InChI=1S/C24H32N4O/c1-2-27-18-22(28(24(27)25)21-6-4-3-5-7-21)14-17-26-15-12-20(13-16-26)19-8-10-23(29)11-9-19/h3-11,20,22,25,29H,2,12-18H2,1H3. The van der Waals surface area contributed by atoms with Crippen LogP contribution in [0.5, 0.6) is 5.75 Å². The Hall–Kier alpha value is -2.53. The summed E-state index contributed by atoms with van der Waals surface area (Å²) < 4.78 is 0. The van der Waals surface area contributed by atoms with E-state index >= 15 is 0 Å². The lowest BCUT2D eigenvalue weighted by atomic mass is 9.89. The summed E-state index contributed by atoms with van der Waals surface area (Å²) in [5.41, 5.74) is 2.48. The Labute approximate surface area is 174 Å². The van der Waals surface area contributed by atoms with Crippen molar-refractivity contribution >= 4 is 11.6 Å². The summed E-state index contributed by atoms with van der Waals surface area (Å²) in [4.78, 5) is 6.97. The molecular weight excluding hydrogens is 360 g/mol. The molecule has 2 N–H and O–H groups in total. The average Bonchev–Trinajstić information content (AvgIpc) is 3.09. The first-order valence-corrected chi connectivity index (χ1v) is 10.8. The van der Waals surface area contributed by atoms with Gasteiger partial charge in [-0.1, -0.05) is 30.3 Å². The largest absolute Gasteiger partial charge is 0.508 e. The monoisotopic (exact) mass is 392 g/mol. The lowest BCUT2D eigenvalue weighted by Crippen LogP contribution is -2.39. The van der Waals surface area contributed by atoms with Gasteiger partial charge in [-0.15, -0.1) is 0 Å². The predicted octanol–water partition coefficient (Wildman–Crippen LogP) is 4.11. The summed E-state index contributed by atoms with van der Waals surface area (Å²) in [5, 5.41) is 18.1. The Kier molecular flexibility index (Phi) is 6.05. The number of hydrogen-bond acceptors (Lipinski definition) is 3. The fraction of sp³-hybridized carbons (Fsp3) is 0.458. The van der Waals surface area contributed by atoms with E-state index in [1.54, 1.807) is 12.1 Å². The molecule has 2 fully saturated rings. The second-order valence-corrected chi connectivity index (χ2v) is 8.22. The van der Waals surface area contributed by atoms with E-state index in [2.05, 4.69) is 58.0 Å². The molecule has 1 unspecified atom stereocenters. The number of hydrogen-bond donors (Lipinski definition) is 2. The maximum absolute atomic E-state index is 9.50. The first kappa shape index (κ1) is 19.8. The van der Waals surface area contributed by atoms with Crippen molar-refractivity contribution in [2.75, 3.05) is 37.6 Å². The molecule has 0 radical (unpaired) electrons. The molecule has 2 aromatic carbocycles. The molecule has 2 aliphatic rings. The molecule has 0 aromatic heterocycles. The topological polar surface area (TPSA) is 53.8 Å². The number of likely N-dealkylation sites (tertiary alicyclic amines) is 1. The molecule has 0 bridgehead atoms. The van der Waals surface area contributed by atoms with Gasteiger partial charge in [0.05, 0.1) is 6.04 Å². The highest BCUT2D eigenvalue weighted by Crippen LogP contribution is 2.30. The van der Waals surface area contributed by atoms with Gasteiger partial charge in [-0.25, -0.2) is 0 Å². The van der Waals surface area contributed by atoms with E-state index in [-0.39, 0.29) is 0 Å². The van der Waals surface area contributed by atoms with E-state index in [9.17, 15) is 5.11 Å². The van der Waals surface area contributed by atoms with Crippen molar-refractivity contribution in [3.63, 3.8) is 0 Å². The van der Waals surface area contributed by atoms with Crippen LogP contribution in [-0.4, -0.2) is 59.6 Å². The number of para-hydroxylation sites is 1. The first-order valence-electron chi connectivity index (χ1n) is 10.8. The van der Waals surface area contributed by atoms with Crippen molar-refractivity contribution in [2.45, 2.75) is 38.1 Å². The van der Waals surface area contributed by atoms with Gasteiger partial charge >= 0.3 is 0 Å². The number of piperidine rings is 1. The van der Waals surface area contributed by atoms with Crippen LogP contribution in [0.1, 0.15) is 37.7 Å². The minimum Gasteiger partial charge on any atom is -0.508 e. The lowest BCUT2D eigenvalue weighted by molar-refractivity contribution is 0.205. The zero-order valence-corrected chi connectivity index (χ0v) is 17.3. The number of rotatable bonds is 6. The van der Waals surface area contributed by atoms with E-state index in [0.29, 0.717) is 23.7 Å². The number of benzene rings is 2. The third-order valence-electron chi connectivity index (χ3n) is 6.47. The van der Waals surface area contributed by atoms with Crippen LogP contribution in [-0.2, 0) is 0 Å². The molecule has 154 valence electrons. The Balaban J connectivity index is 1.33. The maximum atomic E-state index is 9.50. The van der Waals surface area contributed by atoms with Crippen LogP contribution in [0, 0.1) is 5.41 Å². The molecule has 0 aliphatic carbocycles. The van der Waals surface area contributed by atoms with Crippen molar-refractivity contribution in [1.29, 1.82) is 5.41 Å². The van der Waals surface area contributed by atoms with Crippen LogP contribution < -0.4 is 4.90 Å². The highest BCUT2D eigenvalue weighted by atomic mass is 16.3. The number of guanidine groups is 1. The van der Waals surface area contributed by atoms with Gasteiger partial charge in [0.2, 0.25) is 0 Å². The average molecular weight is 393 g/mol. The molecule has 2 heterocycles. The molecule has 1 atom stereocenters. The third kappa shape index (κ3) is 4.40. The second kappa shape index (κ2) is 8.87. The van der Waals surface area contributed by atoms with Crippen molar-refractivity contribution in [1.82, 2.24) is 9.80 Å². The van der Waals surface area contributed by atoms with Gasteiger partial charge in [0.15, 0.2) is 5.96 Å². The Morgan fingerprint density at radius 3 is 2.34 bits per heavy atom. The van der Waals surface area contributed by atoms with E-state index in [4.69, 9.17) is 5.41 Å². The van der Waals surface area contributed by atoms with Crippen molar-refractivity contribution < 1.29 is 5.11 Å². The molecule has 5 heteroatoms. The van der Waals surface area contributed by atoms with E-state index < -0.39 is 0 Å². The summed E-state index contributed by atoms with van der Waals surface area (Å²) in [6.07, 6.45) is 3.43. The molecular formula is C24H32N4O. The number of phenolic OH excluding ortho intramolecular Hbond substituents is 1.